The second-order valence-electron chi connectivity index (χ2n) is 15.0. The topological polar surface area (TPSA) is 40.5 Å². The summed E-state index contributed by atoms with van der Waals surface area (Å²) in [4.78, 5) is 0. The molecule has 218 valence electrons. The SMILES string of the molecule is CC[C@H]1[C@@H](O)C2C3CC[C@H]([C@H](C)C/C=C(\c4ccccc4)C4C=CC=CC4)[C@@]3(C)CCC2[C@@]2(C)CC[C@@H](O)C[C@@H]12. The maximum Gasteiger partial charge on any atom is 0.0605 e. The fourth-order valence-corrected chi connectivity index (χ4v) is 11.3. The lowest BCUT2D eigenvalue weighted by atomic mass is 9.41. The van der Waals surface area contributed by atoms with E-state index in [0.717, 1.165) is 44.4 Å². The summed E-state index contributed by atoms with van der Waals surface area (Å²) in [6.45, 7) is 9.97. The second kappa shape index (κ2) is 11.2. The molecule has 0 bridgehead atoms. The zero-order valence-electron chi connectivity index (χ0n) is 25.5. The molecule has 1 aromatic carbocycles. The van der Waals surface area contributed by atoms with Gasteiger partial charge in [0.05, 0.1) is 12.2 Å². The average Bonchev–Trinajstić information content (AvgIpc) is 3.32. The molecule has 2 heteroatoms. The van der Waals surface area contributed by atoms with Crippen LogP contribution in [0.1, 0.15) is 97.5 Å². The maximum atomic E-state index is 12.0. The maximum absolute atomic E-state index is 12.0. The van der Waals surface area contributed by atoms with Crippen LogP contribution in [0.15, 0.2) is 60.7 Å². The van der Waals surface area contributed by atoms with E-state index in [4.69, 9.17) is 0 Å². The van der Waals surface area contributed by atoms with Crippen LogP contribution in [-0.2, 0) is 0 Å². The van der Waals surface area contributed by atoms with Crippen molar-refractivity contribution in [3.8, 4) is 0 Å². The Morgan fingerprint density at radius 1 is 0.950 bits per heavy atom. The van der Waals surface area contributed by atoms with Crippen molar-refractivity contribution < 1.29 is 10.2 Å². The molecule has 0 amide bonds. The van der Waals surface area contributed by atoms with Crippen LogP contribution < -0.4 is 0 Å². The molecule has 0 radical (unpaired) electrons. The highest BCUT2D eigenvalue weighted by Gasteiger charge is 2.64. The van der Waals surface area contributed by atoms with Gasteiger partial charge in [0.2, 0.25) is 0 Å². The Morgan fingerprint density at radius 3 is 2.42 bits per heavy atom. The minimum Gasteiger partial charge on any atom is -0.393 e. The molecule has 0 aliphatic heterocycles. The van der Waals surface area contributed by atoms with E-state index in [0.29, 0.717) is 46.8 Å². The largest absolute Gasteiger partial charge is 0.393 e. The molecule has 6 rings (SSSR count). The second-order valence-corrected chi connectivity index (χ2v) is 15.0. The van der Waals surface area contributed by atoms with Crippen LogP contribution in [0.2, 0.25) is 0 Å². The van der Waals surface area contributed by atoms with E-state index in [1.165, 1.54) is 36.8 Å². The molecule has 4 fully saturated rings. The summed E-state index contributed by atoms with van der Waals surface area (Å²) in [5, 5.41) is 22.6. The Balaban J connectivity index is 1.24. The van der Waals surface area contributed by atoms with E-state index in [-0.39, 0.29) is 17.6 Å². The average molecular weight is 543 g/mol. The number of hydrogen-bond acceptors (Lipinski definition) is 2. The van der Waals surface area contributed by atoms with E-state index in [9.17, 15) is 10.2 Å². The fourth-order valence-electron chi connectivity index (χ4n) is 11.3. The molecule has 0 saturated heterocycles. The number of fused-ring (bicyclic) bond motifs is 5. The quantitative estimate of drug-likeness (QED) is 0.377. The Labute approximate surface area is 244 Å². The first-order valence-corrected chi connectivity index (χ1v) is 16.7. The van der Waals surface area contributed by atoms with E-state index in [1.54, 1.807) is 0 Å². The van der Waals surface area contributed by atoms with Gasteiger partial charge < -0.3 is 10.2 Å². The molecule has 40 heavy (non-hydrogen) atoms. The van der Waals surface area contributed by atoms with E-state index >= 15 is 0 Å². The lowest BCUT2D eigenvalue weighted by Gasteiger charge is -2.64. The van der Waals surface area contributed by atoms with Gasteiger partial charge >= 0.3 is 0 Å². The monoisotopic (exact) mass is 542 g/mol. The zero-order valence-corrected chi connectivity index (χ0v) is 25.5. The lowest BCUT2D eigenvalue weighted by molar-refractivity contribution is -0.203. The molecule has 4 saturated carbocycles. The van der Waals surface area contributed by atoms with Gasteiger partial charge in [-0.3, -0.25) is 0 Å². The molecule has 2 N–H and O–H groups in total. The highest BCUT2D eigenvalue weighted by molar-refractivity contribution is 5.69. The molecule has 5 aliphatic carbocycles. The first-order valence-electron chi connectivity index (χ1n) is 16.7. The molecule has 0 spiro atoms. The summed E-state index contributed by atoms with van der Waals surface area (Å²) in [6, 6.07) is 11.0. The van der Waals surface area contributed by atoms with Gasteiger partial charge in [0.1, 0.15) is 0 Å². The standard InChI is InChI=1S/C38H54O2/c1-5-29-34-24-28(39)20-22-38(34,4)33-21-23-37(3)31(18-19-32(37)35(33)36(29)40)25(2)16-17-30(26-12-8-6-9-13-26)27-14-10-7-11-15-27/h6-14,17,25,27-29,31-36,39-40H,5,15-16,18-24H2,1-4H3/b30-17+/t25-,27?,28-,29-,31-,32?,33?,34+,35?,36-,37-,38-/m1/s1. The summed E-state index contributed by atoms with van der Waals surface area (Å²) in [6.07, 6.45) is 22.7. The molecule has 5 aliphatic rings. The number of aliphatic hydroxyl groups excluding tert-OH is 2. The first kappa shape index (κ1) is 28.5. The van der Waals surface area contributed by atoms with Crippen LogP contribution in [0.3, 0.4) is 0 Å². The van der Waals surface area contributed by atoms with Crippen LogP contribution in [0, 0.1) is 58.2 Å². The van der Waals surface area contributed by atoms with Crippen LogP contribution >= 0.6 is 0 Å². The third-order valence-electron chi connectivity index (χ3n) is 13.3. The molecule has 1 aromatic rings. The highest BCUT2D eigenvalue weighted by Crippen LogP contribution is 2.69. The summed E-state index contributed by atoms with van der Waals surface area (Å²) in [7, 11) is 0. The van der Waals surface area contributed by atoms with Gasteiger partial charge in [0.25, 0.3) is 0 Å². The molecule has 4 unspecified atom stereocenters. The van der Waals surface area contributed by atoms with Crippen LogP contribution in [0.25, 0.3) is 5.57 Å². The third-order valence-corrected chi connectivity index (χ3v) is 13.3. The number of hydrogen-bond donors (Lipinski definition) is 2. The predicted octanol–water partition coefficient (Wildman–Crippen LogP) is 8.86. The molecule has 2 nitrogen and oxygen atoms in total. The van der Waals surface area contributed by atoms with Crippen LogP contribution in [0.4, 0.5) is 0 Å². The van der Waals surface area contributed by atoms with E-state index in [2.05, 4.69) is 88.4 Å². The van der Waals surface area contributed by atoms with Crippen molar-refractivity contribution in [2.75, 3.05) is 0 Å². The van der Waals surface area contributed by atoms with Crippen molar-refractivity contribution in [2.24, 2.45) is 58.2 Å². The van der Waals surface area contributed by atoms with E-state index < -0.39 is 0 Å². The summed E-state index contributed by atoms with van der Waals surface area (Å²) >= 11 is 0. The number of aliphatic hydroxyl groups is 2. The third kappa shape index (κ3) is 4.70. The van der Waals surface area contributed by atoms with Gasteiger partial charge in [-0.15, -0.1) is 0 Å². The van der Waals surface area contributed by atoms with Crippen molar-refractivity contribution in [1.29, 1.82) is 0 Å². The lowest BCUT2D eigenvalue weighted by Crippen LogP contribution is -2.62. The van der Waals surface area contributed by atoms with Crippen molar-refractivity contribution in [3.63, 3.8) is 0 Å². The Bertz CT molecular complexity index is 1120. The van der Waals surface area contributed by atoms with Crippen molar-refractivity contribution in [3.05, 3.63) is 66.3 Å². The minimum absolute atomic E-state index is 0.171. The van der Waals surface area contributed by atoms with Gasteiger partial charge in [-0.25, -0.2) is 0 Å². The Morgan fingerprint density at radius 2 is 1.70 bits per heavy atom. The summed E-state index contributed by atoms with van der Waals surface area (Å²) in [5.41, 5.74) is 3.46. The fraction of sp³-hybridized carbons (Fsp3) is 0.684. The smallest absolute Gasteiger partial charge is 0.0605 e. The number of allylic oxidation sites excluding steroid dienone is 6. The van der Waals surface area contributed by atoms with Gasteiger partial charge in [-0.05, 0) is 121 Å². The number of benzene rings is 1. The minimum atomic E-state index is -0.201. The first-order chi connectivity index (χ1) is 19.3. The Hall–Kier alpha value is -1.64. The molecule has 12 atom stereocenters. The van der Waals surface area contributed by atoms with Crippen LogP contribution in [-0.4, -0.2) is 22.4 Å². The van der Waals surface area contributed by atoms with Gasteiger partial charge in [0.15, 0.2) is 0 Å². The molecule has 0 aromatic heterocycles. The molecular formula is C38H54O2. The number of rotatable bonds is 6. The molecule has 0 heterocycles. The van der Waals surface area contributed by atoms with Gasteiger partial charge in [-0.2, -0.15) is 0 Å². The summed E-state index contributed by atoms with van der Waals surface area (Å²) in [5.74, 6) is 4.34. The van der Waals surface area contributed by atoms with Crippen molar-refractivity contribution >= 4 is 5.57 Å². The zero-order chi connectivity index (χ0) is 28.1. The van der Waals surface area contributed by atoms with Crippen molar-refractivity contribution in [2.45, 2.75) is 104 Å². The van der Waals surface area contributed by atoms with Crippen LogP contribution in [0.5, 0.6) is 0 Å². The normalized spacial score (nSPS) is 45.5. The van der Waals surface area contributed by atoms with E-state index in [1.807, 2.05) is 0 Å². The van der Waals surface area contributed by atoms with Gasteiger partial charge in [-0.1, -0.05) is 94.8 Å². The van der Waals surface area contributed by atoms with Gasteiger partial charge in [0, 0.05) is 5.92 Å². The van der Waals surface area contributed by atoms with Crippen molar-refractivity contribution in [1.82, 2.24) is 0 Å². The summed E-state index contributed by atoms with van der Waals surface area (Å²) < 4.78 is 0. The highest BCUT2D eigenvalue weighted by atomic mass is 16.3. The molecular weight excluding hydrogens is 488 g/mol. The predicted molar refractivity (Wildman–Crippen MR) is 166 cm³/mol. The Kier molecular flexibility index (Phi) is 7.99.